The van der Waals surface area contributed by atoms with Crippen molar-refractivity contribution < 1.29 is 9.53 Å². The highest BCUT2D eigenvalue weighted by atomic mass is 35.5. The Morgan fingerprint density at radius 3 is 2.55 bits per heavy atom. The van der Waals surface area contributed by atoms with Gasteiger partial charge in [0, 0.05) is 19.1 Å². The lowest BCUT2D eigenvalue weighted by Crippen LogP contribution is -2.48. The molecule has 166 valence electrons. The molecule has 1 unspecified atom stereocenters. The molecule has 8 heteroatoms. The van der Waals surface area contributed by atoms with Gasteiger partial charge in [-0.1, -0.05) is 36.6 Å². The summed E-state index contributed by atoms with van der Waals surface area (Å²) in [6, 6.07) is 7.20. The summed E-state index contributed by atoms with van der Waals surface area (Å²) in [5.41, 5.74) is 0.849. The van der Waals surface area contributed by atoms with E-state index in [1.807, 2.05) is 0 Å². The van der Waals surface area contributed by atoms with Crippen molar-refractivity contribution in [1.29, 1.82) is 0 Å². The van der Waals surface area contributed by atoms with Crippen LogP contribution in [0.5, 0.6) is 0 Å². The number of hydrogen-bond acceptors (Lipinski definition) is 6. The average molecular weight is 445 g/mol. The number of carbonyl (C=O) groups is 1. The molecule has 2 aromatic rings. The molecule has 0 bridgehead atoms. The molecule has 7 nitrogen and oxygen atoms in total. The number of anilines is 1. The van der Waals surface area contributed by atoms with E-state index in [9.17, 15) is 9.59 Å². The Kier molecular flexibility index (Phi) is 6.92. The summed E-state index contributed by atoms with van der Waals surface area (Å²) in [5.74, 6) is -0.527. The first-order chi connectivity index (χ1) is 15.1. The minimum absolute atomic E-state index is 0.131. The lowest BCUT2D eigenvalue weighted by Gasteiger charge is -2.40. The lowest BCUT2D eigenvalue weighted by molar-refractivity contribution is 0.0600. The van der Waals surface area contributed by atoms with Gasteiger partial charge in [0.1, 0.15) is 5.02 Å². The highest BCUT2D eigenvalue weighted by molar-refractivity contribution is 6.33. The number of para-hydroxylation sites is 1. The molecule has 1 aromatic heterocycles. The second-order valence-corrected chi connectivity index (χ2v) is 8.64. The van der Waals surface area contributed by atoms with Gasteiger partial charge < -0.3 is 9.64 Å². The lowest BCUT2D eigenvalue weighted by atomic mass is 10.0. The van der Waals surface area contributed by atoms with Crippen molar-refractivity contribution in [3.8, 4) is 5.69 Å². The molecule has 2 aliphatic heterocycles. The van der Waals surface area contributed by atoms with Gasteiger partial charge in [-0.2, -0.15) is 9.78 Å². The summed E-state index contributed by atoms with van der Waals surface area (Å²) >= 11 is 6.56. The first-order valence-electron chi connectivity index (χ1n) is 11.0. The van der Waals surface area contributed by atoms with E-state index in [1.165, 1.54) is 43.9 Å². The maximum Gasteiger partial charge on any atom is 0.340 e. The summed E-state index contributed by atoms with van der Waals surface area (Å²) in [4.78, 5) is 30.0. The number of carbonyl (C=O) groups excluding carboxylic acids is 1. The van der Waals surface area contributed by atoms with E-state index in [0.29, 0.717) is 17.4 Å². The molecule has 0 N–H and O–H groups in total. The smallest absolute Gasteiger partial charge is 0.340 e. The number of likely N-dealkylation sites (tertiary alicyclic amines) is 1. The third-order valence-electron chi connectivity index (χ3n) is 6.33. The molecule has 0 radical (unpaired) electrons. The number of piperidine rings is 1. The van der Waals surface area contributed by atoms with Crippen molar-refractivity contribution in [1.82, 2.24) is 14.7 Å². The van der Waals surface area contributed by atoms with Crippen molar-refractivity contribution in [2.24, 2.45) is 0 Å². The Balaban J connectivity index is 1.61. The zero-order chi connectivity index (χ0) is 21.8. The molecule has 0 saturated carbocycles. The van der Waals surface area contributed by atoms with E-state index in [0.717, 1.165) is 32.6 Å². The fraction of sp³-hybridized carbons (Fsp3) is 0.522. The fourth-order valence-electron chi connectivity index (χ4n) is 4.69. The normalized spacial score (nSPS) is 20.3. The van der Waals surface area contributed by atoms with Crippen LogP contribution in [0.2, 0.25) is 5.02 Å². The number of rotatable bonds is 4. The molecule has 31 heavy (non-hydrogen) atoms. The van der Waals surface area contributed by atoms with Crippen LogP contribution in [0.3, 0.4) is 0 Å². The van der Waals surface area contributed by atoms with Crippen LogP contribution in [-0.4, -0.2) is 60.0 Å². The maximum absolute atomic E-state index is 13.1. The van der Waals surface area contributed by atoms with Crippen LogP contribution in [0.1, 0.15) is 48.9 Å². The highest BCUT2D eigenvalue weighted by Gasteiger charge is 2.28. The standard InChI is InChI=1S/C23H29ClN4O3/c1-31-23(30)18-10-4-5-11-19(18)28-22(29)21(24)20(15-25-28)27-14-8-9-17(16-27)26-12-6-2-3-7-13-26/h4-5,10-11,15,17H,2-3,6-9,12-14,16H2,1H3. The molecule has 1 atom stereocenters. The number of hydrogen-bond donors (Lipinski definition) is 0. The summed E-state index contributed by atoms with van der Waals surface area (Å²) in [5, 5.41) is 4.50. The number of halogens is 1. The van der Waals surface area contributed by atoms with Gasteiger partial charge in [0.25, 0.3) is 5.56 Å². The van der Waals surface area contributed by atoms with Crippen LogP contribution in [0.15, 0.2) is 35.3 Å². The predicted octanol–water partition coefficient (Wildman–Crippen LogP) is 3.52. The number of ether oxygens (including phenoxy) is 1. The van der Waals surface area contributed by atoms with Gasteiger partial charge in [0.15, 0.2) is 0 Å². The molecule has 2 fully saturated rings. The second kappa shape index (κ2) is 9.83. The van der Waals surface area contributed by atoms with Crippen molar-refractivity contribution in [2.75, 3.05) is 38.2 Å². The molecule has 4 rings (SSSR count). The number of esters is 1. The molecule has 0 spiro atoms. The molecule has 0 aliphatic carbocycles. The molecule has 1 aromatic carbocycles. The van der Waals surface area contributed by atoms with E-state index in [4.69, 9.17) is 16.3 Å². The SMILES string of the molecule is COC(=O)c1ccccc1-n1ncc(N2CCCC(N3CCCCCC3)C2)c(Cl)c1=O. The Morgan fingerprint density at radius 2 is 1.81 bits per heavy atom. The Hall–Kier alpha value is -2.38. The Labute approximate surface area is 187 Å². The zero-order valence-electron chi connectivity index (χ0n) is 17.9. The molecule has 2 saturated heterocycles. The van der Waals surface area contributed by atoms with Gasteiger partial charge in [-0.05, 0) is 50.9 Å². The minimum atomic E-state index is -0.527. The number of aromatic nitrogens is 2. The molecule has 0 amide bonds. The first kappa shape index (κ1) is 21.8. The van der Waals surface area contributed by atoms with Crippen LogP contribution in [-0.2, 0) is 4.74 Å². The highest BCUT2D eigenvalue weighted by Crippen LogP contribution is 2.28. The van der Waals surface area contributed by atoms with Crippen LogP contribution in [0, 0.1) is 0 Å². The van der Waals surface area contributed by atoms with Gasteiger partial charge in [0.05, 0.1) is 30.2 Å². The van der Waals surface area contributed by atoms with Crippen LogP contribution in [0.4, 0.5) is 5.69 Å². The zero-order valence-corrected chi connectivity index (χ0v) is 18.7. The quantitative estimate of drug-likeness (QED) is 0.672. The Bertz CT molecular complexity index is 985. The van der Waals surface area contributed by atoms with E-state index >= 15 is 0 Å². The minimum Gasteiger partial charge on any atom is -0.465 e. The van der Waals surface area contributed by atoms with Crippen LogP contribution >= 0.6 is 11.6 Å². The predicted molar refractivity (Wildman–Crippen MR) is 121 cm³/mol. The van der Waals surface area contributed by atoms with Crippen molar-refractivity contribution in [3.05, 3.63) is 51.4 Å². The van der Waals surface area contributed by atoms with Crippen molar-refractivity contribution >= 4 is 23.3 Å². The van der Waals surface area contributed by atoms with Crippen LogP contribution < -0.4 is 10.5 Å². The van der Waals surface area contributed by atoms with Gasteiger partial charge in [-0.15, -0.1) is 0 Å². The van der Waals surface area contributed by atoms with E-state index in [2.05, 4.69) is 14.9 Å². The summed E-state index contributed by atoms with van der Waals surface area (Å²) in [7, 11) is 1.31. The topological polar surface area (TPSA) is 67.7 Å². The van der Waals surface area contributed by atoms with Crippen molar-refractivity contribution in [2.45, 2.75) is 44.6 Å². The van der Waals surface area contributed by atoms with Gasteiger partial charge in [-0.3, -0.25) is 9.69 Å². The van der Waals surface area contributed by atoms with Gasteiger partial charge >= 0.3 is 5.97 Å². The summed E-state index contributed by atoms with van der Waals surface area (Å²) in [6.07, 6.45) is 9.02. The summed E-state index contributed by atoms with van der Waals surface area (Å²) in [6.45, 7) is 4.00. The first-order valence-corrected chi connectivity index (χ1v) is 11.4. The van der Waals surface area contributed by atoms with E-state index < -0.39 is 11.5 Å². The molecular formula is C23H29ClN4O3. The van der Waals surface area contributed by atoms with E-state index in [-0.39, 0.29) is 10.6 Å². The van der Waals surface area contributed by atoms with Gasteiger partial charge in [0.2, 0.25) is 0 Å². The molecule has 3 heterocycles. The van der Waals surface area contributed by atoms with Gasteiger partial charge in [-0.25, -0.2) is 4.79 Å². The molecular weight excluding hydrogens is 416 g/mol. The summed E-state index contributed by atoms with van der Waals surface area (Å²) < 4.78 is 6.01. The van der Waals surface area contributed by atoms with Crippen molar-refractivity contribution in [3.63, 3.8) is 0 Å². The maximum atomic E-state index is 13.1. The third kappa shape index (κ3) is 4.62. The molecule has 2 aliphatic rings. The number of nitrogens with zero attached hydrogens (tertiary/aromatic N) is 4. The third-order valence-corrected chi connectivity index (χ3v) is 6.69. The second-order valence-electron chi connectivity index (χ2n) is 8.26. The number of methoxy groups -OCH3 is 1. The largest absolute Gasteiger partial charge is 0.465 e. The fourth-order valence-corrected chi connectivity index (χ4v) is 4.94. The number of benzene rings is 1. The van der Waals surface area contributed by atoms with E-state index in [1.54, 1.807) is 30.5 Å². The monoisotopic (exact) mass is 444 g/mol. The average Bonchev–Trinajstić information content (AvgIpc) is 3.10. The Morgan fingerprint density at radius 1 is 1.06 bits per heavy atom. The van der Waals surface area contributed by atoms with Crippen LogP contribution in [0.25, 0.3) is 5.69 Å².